The topological polar surface area (TPSA) is 61.5 Å². The number of aromatic nitrogens is 2. The number of hydrogen-bond donors (Lipinski definition) is 1. The first-order valence-electron chi connectivity index (χ1n) is 11.7. The minimum absolute atomic E-state index is 0.0409. The van der Waals surface area contributed by atoms with Gasteiger partial charge in [0.2, 0.25) is 0 Å². The van der Waals surface area contributed by atoms with Crippen molar-refractivity contribution in [2.75, 3.05) is 34.3 Å². The van der Waals surface area contributed by atoms with Gasteiger partial charge in [-0.25, -0.2) is 0 Å². The fourth-order valence-electron chi connectivity index (χ4n) is 4.34. The smallest absolute Gasteiger partial charge is 0.254 e. The highest BCUT2D eigenvalue weighted by Gasteiger charge is 2.26. The second-order valence-electron chi connectivity index (χ2n) is 8.72. The average Bonchev–Trinajstić information content (AvgIpc) is 3.34. The summed E-state index contributed by atoms with van der Waals surface area (Å²) in [5, 5.41) is 8.38. The summed E-state index contributed by atoms with van der Waals surface area (Å²) in [5.41, 5.74) is 4.69. The Kier molecular flexibility index (Phi) is 7.28. The molecular formula is C28H32N4O2. The number of para-hydroxylation sites is 1. The molecule has 0 fully saturated rings. The molecule has 1 amide bonds. The second-order valence-corrected chi connectivity index (χ2v) is 8.72. The first-order chi connectivity index (χ1) is 16.5. The maximum atomic E-state index is 13.7. The molecule has 0 aliphatic rings. The van der Waals surface area contributed by atoms with E-state index in [1.54, 1.807) is 0 Å². The van der Waals surface area contributed by atoms with E-state index in [-0.39, 0.29) is 11.9 Å². The Hall–Kier alpha value is -3.64. The van der Waals surface area contributed by atoms with Crippen LogP contribution in [0, 0.1) is 0 Å². The number of H-pyrrole nitrogens is 1. The lowest BCUT2D eigenvalue weighted by Gasteiger charge is -2.30. The lowest BCUT2D eigenvalue weighted by atomic mass is 9.98. The summed E-state index contributed by atoms with van der Waals surface area (Å²) in [6.45, 7) is 3.34. The van der Waals surface area contributed by atoms with E-state index in [1.165, 1.54) is 0 Å². The van der Waals surface area contributed by atoms with Gasteiger partial charge < -0.3 is 14.5 Å². The Balaban J connectivity index is 1.69. The van der Waals surface area contributed by atoms with E-state index in [9.17, 15) is 4.79 Å². The molecular weight excluding hydrogens is 424 g/mol. The van der Waals surface area contributed by atoms with Crippen LogP contribution in [-0.2, 0) is 0 Å². The van der Waals surface area contributed by atoms with Crippen LogP contribution in [-0.4, -0.2) is 60.2 Å². The van der Waals surface area contributed by atoms with Crippen LogP contribution in [0.4, 0.5) is 0 Å². The predicted octanol–water partition coefficient (Wildman–Crippen LogP) is 5.39. The Morgan fingerprint density at radius 1 is 1.03 bits per heavy atom. The molecule has 6 heteroatoms. The highest BCUT2D eigenvalue weighted by Crippen LogP contribution is 2.34. The highest BCUT2D eigenvalue weighted by molar-refractivity contribution is 5.96. The molecule has 1 aromatic heterocycles. The molecule has 4 aromatic rings. The fraction of sp³-hybridized carbons (Fsp3) is 0.286. The summed E-state index contributed by atoms with van der Waals surface area (Å²) < 4.78 is 5.94. The minimum Gasteiger partial charge on any atom is -0.493 e. The van der Waals surface area contributed by atoms with E-state index in [0.717, 1.165) is 40.6 Å². The molecule has 4 rings (SSSR count). The van der Waals surface area contributed by atoms with Gasteiger partial charge in [0.25, 0.3) is 5.91 Å². The monoisotopic (exact) mass is 456 g/mol. The summed E-state index contributed by atoms with van der Waals surface area (Å²) in [6, 6.07) is 21.9. The average molecular weight is 457 g/mol. The molecule has 1 atom stereocenters. The van der Waals surface area contributed by atoms with Gasteiger partial charge in [-0.05, 0) is 57.7 Å². The van der Waals surface area contributed by atoms with E-state index in [4.69, 9.17) is 4.74 Å². The zero-order chi connectivity index (χ0) is 24.1. The maximum absolute atomic E-state index is 13.7. The molecule has 176 valence electrons. The van der Waals surface area contributed by atoms with Crippen molar-refractivity contribution in [3.8, 4) is 16.9 Å². The maximum Gasteiger partial charge on any atom is 0.254 e. The van der Waals surface area contributed by atoms with Gasteiger partial charge in [-0.2, -0.15) is 5.10 Å². The van der Waals surface area contributed by atoms with Crippen LogP contribution < -0.4 is 4.74 Å². The van der Waals surface area contributed by atoms with Crippen molar-refractivity contribution < 1.29 is 9.53 Å². The molecule has 0 bridgehead atoms. The molecule has 0 aliphatic carbocycles. The molecule has 0 unspecified atom stereocenters. The first-order valence-corrected chi connectivity index (χ1v) is 11.7. The summed E-state index contributed by atoms with van der Waals surface area (Å²) in [7, 11) is 5.97. The summed E-state index contributed by atoms with van der Waals surface area (Å²) in [6.07, 6.45) is 2.62. The molecule has 1 heterocycles. The van der Waals surface area contributed by atoms with Crippen LogP contribution in [0.25, 0.3) is 22.0 Å². The SMILES string of the molecule is CCOc1cc(C(=O)N(C)[C@@H](CCN(C)C)c2cccc3cn[nH]c23)ccc1-c1ccccc1. The quantitative estimate of drug-likeness (QED) is 0.367. The third-order valence-electron chi connectivity index (χ3n) is 6.12. The van der Waals surface area contributed by atoms with Crippen molar-refractivity contribution in [3.63, 3.8) is 0 Å². The van der Waals surface area contributed by atoms with Crippen molar-refractivity contribution in [1.29, 1.82) is 0 Å². The summed E-state index contributed by atoms with van der Waals surface area (Å²) >= 11 is 0. The van der Waals surface area contributed by atoms with E-state index in [2.05, 4.69) is 21.2 Å². The summed E-state index contributed by atoms with van der Waals surface area (Å²) in [5.74, 6) is 0.675. The molecule has 34 heavy (non-hydrogen) atoms. The van der Waals surface area contributed by atoms with Crippen LogP contribution in [0.2, 0.25) is 0 Å². The molecule has 0 saturated carbocycles. The normalized spacial score (nSPS) is 12.1. The number of hydrogen-bond acceptors (Lipinski definition) is 4. The number of carbonyl (C=O) groups is 1. The van der Waals surface area contributed by atoms with E-state index < -0.39 is 0 Å². The van der Waals surface area contributed by atoms with Crippen molar-refractivity contribution >= 4 is 16.8 Å². The Bertz CT molecular complexity index is 1250. The lowest BCUT2D eigenvalue weighted by molar-refractivity contribution is 0.0716. The van der Waals surface area contributed by atoms with Crippen LogP contribution in [0.3, 0.4) is 0 Å². The number of benzene rings is 3. The fourth-order valence-corrected chi connectivity index (χ4v) is 4.34. The molecule has 0 radical (unpaired) electrons. The van der Waals surface area contributed by atoms with Crippen molar-refractivity contribution in [2.45, 2.75) is 19.4 Å². The number of amides is 1. The number of aromatic amines is 1. The number of nitrogens with zero attached hydrogens (tertiary/aromatic N) is 3. The minimum atomic E-state index is -0.108. The van der Waals surface area contributed by atoms with Crippen molar-refractivity contribution in [1.82, 2.24) is 20.0 Å². The van der Waals surface area contributed by atoms with Gasteiger partial charge in [-0.1, -0.05) is 48.5 Å². The van der Waals surface area contributed by atoms with Gasteiger partial charge in [0.1, 0.15) is 5.75 Å². The number of rotatable bonds is 9. The zero-order valence-corrected chi connectivity index (χ0v) is 20.3. The largest absolute Gasteiger partial charge is 0.493 e. The van der Waals surface area contributed by atoms with Gasteiger partial charge in [-0.3, -0.25) is 9.89 Å². The van der Waals surface area contributed by atoms with E-state index in [1.807, 2.05) is 99.8 Å². The highest BCUT2D eigenvalue weighted by atomic mass is 16.5. The third-order valence-corrected chi connectivity index (χ3v) is 6.12. The van der Waals surface area contributed by atoms with Crippen LogP contribution in [0.5, 0.6) is 5.75 Å². The lowest BCUT2D eigenvalue weighted by Crippen LogP contribution is -2.33. The molecule has 0 saturated heterocycles. The van der Waals surface area contributed by atoms with Gasteiger partial charge in [-0.15, -0.1) is 0 Å². The zero-order valence-electron chi connectivity index (χ0n) is 20.3. The van der Waals surface area contributed by atoms with Gasteiger partial charge in [0, 0.05) is 29.1 Å². The number of nitrogens with one attached hydrogen (secondary N) is 1. The number of carbonyl (C=O) groups excluding carboxylic acids is 1. The standard InChI is InChI=1S/C28H32N4O2/c1-5-34-26-18-21(14-15-23(26)20-10-7-6-8-11-20)28(33)32(4)25(16-17-31(2)3)24-13-9-12-22-19-29-30-27(22)24/h6-15,18-19,25H,5,16-17H2,1-4H3,(H,29,30)/t25-/m0/s1. The Morgan fingerprint density at radius 3 is 2.56 bits per heavy atom. The van der Waals surface area contributed by atoms with Crippen LogP contribution in [0.15, 0.2) is 72.9 Å². The number of ether oxygens (including phenoxy) is 1. The van der Waals surface area contributed by atoms with Gasteiger partial charge in [0.15, 0.2) is 0 Å². The third kappa shape index (κ3) is 4.97. The Morgan fingerprint density at radius 2 is 1.82 bits per heavy atom. The van der Waals surface area contributed by atoms with Crippen LogP contribution >= 0.6 is 0 Å². The predicted molar refractivity (Wildman–Crippen MR) is 137 cm³/mol. The molecule has 3 aromatic carbocycles. The Labute approximate surface area is 201 Å². The van der Waals surface area contributed by atoms with E-state index in [0.29, 0.717) is 17.9 Å². The number of fused-ring (bicyclic) bond motifs is 1. The molecule has 1 N–H and O–H groups in total. The molecule has 0 spiro atoms. The molecule has 0 aliphatic heterocycles. The molecule has 6 nitrogen and oxygen atoms in total. The van der Waals surface area contributed by atoms with Gasteiger partial charge in [0.05, 0.1) is 24.4 Å². The van der Waals surface area contributed by atoms with Crippen molar-refractivity contribution in [2.24, 2.45) is 0 Å². The van der Waals surface area contributed by atoms with E-state index >= 15 is 0 Å². The second kappa shape index (κ2) is 10.5. The van der Waals surface area contributed by atoms with Crippen molar-refractivity contribution in [3.05, 3.63) is 84.1 Å². The first kappa shape index (κ1) is 23.5. The summed E-state index contributed by atoms with van der Waals surface area (Å²) in [4.78, 5) is 17.7. The van der Waals surface area contributed by atoms with Gasteiger partial charge >= 0.3 is 0 Å². The van der Waals surface area contributed by atoms with Crippen LogP contribution in [0.1, 0.15) is 35.3 Å².